The van der Waals surface area contributed by atoms with Crippen molar-refractivity contribution < 1.29 is 9.26 Å². The van der Waals surface area contributed by atoms with E-state index in [1.54, 1.807) is 7.11 Å². The van der Waals surface area contributed by atoms with Gasteiger partial charge in [0.15, 0.2) is 5.82 Å². The van der Waals surface area contributed by atoms with E-state index in [1.807, 2.05) is 0 Å². The third kappa shape index (κ3) is 2.86. The van der Waals surface area contributed by atoms with Gasteiger partial charge in [-0.25, -0.2) is 4.98 Å². The maximum atomic E-state index is 5.21. The number of imidazole rings is 1. The fraction of sp³-hybridized carbons (Fsp3) is 0.706. The molecule has 24 heavy (non-hydrogen) atoms. The number of likely N-dealkylation sites (tertiary alicyclic amines) is 1. The molecule has 7 heteroatoms. The van der Waals surface area contributed by atoms with Crippen LogP contribution in [0, 0.1) is 0 Å². The molecule has 2 aromatic rings. The molecule has 1 saturated heterocycles. The van der Waals surface area contributed by atoms with E-state index in [4.69, 9.17) is 14.2 Å². The summed E-state index contributed by atoms with van der Waals surface area (Å²) in [5.41, 5.74) is 2.75. The van der Waals surface area contributed by atoms with Crippen molar-refractivity contribution in [3.05, 3.63) is 28.9 Å². The fourth-order valence-corrected chi connectivity index (χ4v) is 4.03. The molecule has 0 saturated carbocycles. The molecule has 130 valence electrons. The van der Waals surface area contributed by atoms with Crippen LogP contribution in [0.15, 0.2) is 4.52 Å². The zero-order valence-electron chi connectivity index (χ0n) is 14.5. The van der Waals surface area contributed by atoms with Crippen LogP contribution in [0.1, 0.15) is 60.7 Å². The summed E-state index contributed by atoms with van der Waals surface area (Å²) >= 11 is 0. The van der Waals surface area contributed by atoms with Gasteiger partial charge in [-0.3, -0.25) is 4.90 Å². The molecule has 0 aromatic carbocycles. The third-order valence-electron chi connectivity index (χ3n) is 5.19. The molecule has 0 amide bonds. The van der Waals surface area contributed by atoms with Crippen LogP contribution >= 0.6 is 0 Å². The molecule has 3 heterocycles. The first-order valence-corrected chi connectivity index (χ1v) is 8.85. The molecule has 1 aliphatic heterocycles. The van der Waals surface area contributed by atoms with Gasteiger partial charge in [0.05, 0.1) is 18.3 Å². The summed E-state index contributed by atoms with van der Waals surface area (Å²) in [5.74, 6) is 2.48. The summed E-state index contributed by atoms with van der Waals surface area (Å²) in [4.78, 5) is 11.8. The van der Waals surface area contributed by atoms with Gasteiger partial charge >= 0.3 is 0 Å². The highest BCUT2D eigenvalue weighted by Crippen LogP contribution is 2.34. The fourth-order valence-electron chi connectivity index (χ4n) is 4.03. The average Bonchev–Trinajstić information content (AvgIpc) is 3.29. The van der Waals surface area contributed by atoms with Crippen LogP contribution in [0.25, 0.3) is 0 Å². The lowest BCUT2D eigenvalue weighted by Gasteiger charge is -2.22. The Balaban J connectivity index is 1.53. The average molecular weight is 331 g/mol. The Morgan fingerprint density at radius 3 is 2.92 bits per heavy atom. The summed E-state index contributed by atoms with van der Waals surface area (Å²) in [6, 6.07) is 0.352. The van der Waals surface area contributed by atoms with E-state index in [-0.39, 0.29) is 0 Å². The number of nitrogens with zero attached hydrogens (tertiary/aromatic N) is 5. The molecule has 0 unspecified atom stereocenters. The SMILES string of the molecule is COCc1nc(CN2CCC[C@@H]2c2nc3c(n2C)CCCC3)no1. The van der Waals surface area contributed by atoms with Crippen LogP contribution < -0.4 is 0 Å². The Morgan fingerprint density at radius 1 is 1.21 bits per heavy atom. The molecular formula is C17H25N5O2. The Bertz CT molecular complexity index is 708. The summed E-state index contributed by atoms with van der Waals surface area (Å²) in [5, 5.41) is 4.08. The minimum atomic E-state index is 0.352. The summed E-state index contributed by atoms with van der Waals surface area (Å²) in [6.45, 7) is 2.12. The van der Waals surface area contributed by atoms with E-state index in [0.29, 0.717) is 25.1 Å². The molecule has 4 rings (SSSR count). The number of methoxy groups -OCH3 is 1. The Kier molecular flexibility index (Phi) is 4.37. The first-order chi connectivity index (χ1) is 11.8. The standard InChI is InChI=1S/C17H25N5O2/c1-21-13-7-4-3-6-12(13)18-17(21)14-8-5-9-22(14)10-15-19-16(11-23-2)24-20-15/h14H,3-11H2,1-2H3/t14-/m1/s1. The van der Waals surface area contributed by atoms with E-state index >= 15 is 0 Å². The zero-order valence-corrected chi connectivity index (χ0v) is 14.5. The van der Waals surface area contributed by atoms with Gasteiger partial charge in [-0.1, -0.05) is 5.16 Å². The lowest BCUT2D eigenvalue weighted by atomic mass is 10.0. The van der Waals surface area contributed by atoms with Gasteiger partial charge in [-0.2, -0.15) is 4.98 Å². The summed E-state index contributed by atoms with van der Waals surface area (Å²) < 4.78 is 12.6. The topological polar surface area (TPSA) is 69.2 Å². The lowest BCUT2D eigenvalue weighted by molar-refractivity contribution is 0.151. The van der Waals surface area contributed by atoms with Crippen molar-refractivity contribution in [1.29, 1.82) is 0 Å². The molecule has 2 aromatic heterocycles. The number of aromatic nitrogens is 4. The van der Waals surface area contributed by atoms with Gasteiger partial charge in [0.2, 0.25) is 0 Å². The van der Waals surface area contributed by atoms with Crippen molar-refractivity contribution in [2.24, 2.45) is 7.05 Å². The second-order valence-corrected chi connectivity index (χ2v) is 6.80. The highest BCUT2D eigenvalue weighted by molar-refractivity contribution is 5.22. The van der Waals surface area contributed by atoms with E-state index in [0.717, 1.165) is 31.6 Å². The molecule has 2 aliphatic rings. The van der Waals surface area contributed by atoms with Crippen molar-refractivity contribution in [1.82, 2.24) is 24.6 Å². The first kappa shape index (κ1) is 15.8. The molecule has 0 N–H and O–H groups in total. The van der Waals surface area contributed by atoms with Gasteiger partial charge in [-0.05, 0) is 45.1 Å². The molecule has 1 fully saturated rings. The smallest absolute Gasteiger partial charge is 0.252 e. The van der Waals surface area contributed by atoms with Gasteiger partial charge in [0, 0.05) is 19.9 Å². The van der Waals surface area contributed by atoms with Crippen LogP contribution in [-0.2, 0) is 37.8 Å². The first-order valence-electron chi connectivity index (χ1n) is 8.85. The minimum absolute atomic E-state index is 0.352. The van der Waals surface area contributed by atoms with Crippen LogP contribution in [0.5, 0.6) is 0 Å². The summed E-state index contributed by atoms with van der Waals surface area (Å²) in [7, 11) is 3.80. The van der Waals surface area contributed by atoms with E-state index in [9.17, 15) is 0 Å². The Hall–Kier alpha value is -1.73. The van der Waals surface area contributed by atoms with Gasteiger partial charge in [-0.15, -0.1) is 0 Å². The lowest BCUT2D eigenvalue weighted by Crippen LogP contribution is -2.25. The predicted octanol–water partition coefficient (Wildman–Crippen LogP) is 2.17. The highest BCUT2D eigenvalue weighted by Gasteiger charge is 2.32. The Labute approximate surface area is 142 Å². The van der Waals surface area contributed by atoms with Gasteiger partial charge in [0.1, 0.15) is 12.4 Å². The number of rotatable bonds is 5. The largest absolute Gasteiger partial charge is 0.375 e. The number of hydrogen-bond donors (Lipinski definition) is 0. The van der Waals surface area contributed by atoms with Gasteiger partial charge < -0.3 is 13.8 Å². The molecule has 0 bridgehead atoms. The van der Waals surface area contributed by atoms with Crippen molar-refractivity contribution >= 4 is 0 Å². The third-order valence-corrected chi connectivity index (χ3v) is 5.19. The van der Waals surface area contributed by atoms with Gasteiger partial charge in [0.25, 0.3) is 5.89 Å². The maximum absolute atomic E-state index is 5.21. The van der Waals surface area contributed by atoms with Crippen LogP contribution in [0.4, 0.5) is 0 Å². The molecule has 1 atom stereocenters. The predicted molar refractivity (Wildman–Crippen MR) is 87.2 cm³/mol. The van der Waals surface area contributed by atoms with E-state index in [2.05, 4.69) is 26.7 Å². The quantitative estimate of drug-likeness (QED) is 0.836. The summed E-state index contributed by atoms with van der Waals surface area (Å²) in [6.07, 6.45) is 7.17. The van der Waals surface area contributed by atoms with E-state index < -0.39 is 0 Å². The van der Waals surface area contributed by atoms with Crippen molar-refractivity contribution in [3.63, 3.8) is 0 Å². The van der Waals surface area contributed by atoms with Crippen LogP contribution in [-0.4, -0.2) is 38.2 Å². The molecule has 0 spiro atoms. The Morgan fingerprint density at radius 2 is 2.08 bits per heavy atom. The molecule has 1 aliphatic carbocycles. The number of fused-ring (bicyclic) bond motifs is 1. The number of hydrogen-bond acceptors (Lipinski definition) is 6. The van der Waals surface area contributed by atoms with Crippen LogP contribution in [0.2, 0.25) is 0 Å². The zero-order chi connectivity index (χ0) is 16.5. The van der Waals surface area contributed by atoms with Crippen molar-refractivity contribution in [2.45, 2.75) is 57.7 Å². The maximum Gasteiger partial charge on any atom is 0.252 e. The minimum Gasteiger partial charge on any atom is -0.375 e. The van der Waals surface area contributed by atoms with E-state index in [1.165, 1.54) is 36.5 Å². The number of ether oxygens (including phenoxy) is 1. The van der Waals surface area contributed by atoms with Crippen molar-refractivity contribution in [2.75, 3.05) is 13.7 Å². The highest BCUT2D eigenvalue weighted by atomic mass is 16.5. The monoisotopic (exact) mass is 331 g/mol. The second-order valence-electron chi connectivity index (χ2n) is 6.80. The second kappa shape index (κ2) is 6.64. The molecular weight excluding hydrogens is 306 g/mol. The molecule has 7 nitrogen and oxygen atoms in total. The molecule has 0 radical (unpaired) electrons. The van der Waals surface area contributed by atoms with Crippen molar-refractivity contribution in [3.8, 4) is 0 Å². The van der Waals surface area contributed by atoms with Crippen LogP contribution in [0.3, 0.4) is 0 Å². The normalized spacial score (nSPS) is 21.3. The number of aryl methyl sites for hydroxylation is 1.